The number of fused-ring (bicyclic) bond motifs is 4. The molecule has 408 valence electrons. The van der Waals surface area contributed by atoms with E-state index in [-0.39, 0.29) is 69.8 Å². The molecule has 0 saturated carbocycles. The van der Waals surface area contributed by atoms with Crippen LogP contribution in [0.15, 0.2) is 111 Å². The van der Waals surface area contributed by atoms with Gasteiger partial charge in [-0.05, 0) is 83.2 Å². The molecule has 2 aliphatic rings. The summed E-state index contributed by atoms with van der Waals surface area (Å²) in [4.78, 5) is 78.6. The van der Waals surface area contributed by atoms with Crippen LogP contribution in [0, 0.1) is 25.5 Å². The third-order valence-corrected chi connectivity index (χ3v) is 14.2. The van der Waals surface area contributed by atoms with Crippen LogP contribution < -0.4 is 29.9 Å². The number of ether oxygens (including phenoxy) is 2. The van der Waals surface area contributed by atoms with Gasteiger partial charge in [0.25, 0.3) is 0 Å². The van der Waals surface area contributed by atoms with E-state index >= 15 is 8.78 Å². The second-order valence-corrected chi connectivity index (χ2v) is 19.6. The first-order valence-electron chi connectivity index (χ1n) is 25.8. The van der Waals surface area contributed by atoms with Gasteiger partial charge in [0.2, 0.25) is 23.7 Å². The van der Waals surface area contributed by atoms with Crippen LogP contribution in [0.3, 0.4) is 0 Å². The number of nitrogens with zero attached hydrogens (tertiary/aromatic N) is 18. The van der Waals surface area contributed by atoms with E-state index in [4.69, 9.17) is 19.4 Å². The van der Waals surface area contributed by atoms with Crippen LogP contribution in [-0.4, -0.2) is 142 Å². The largest absolute Gasteiger partial charge is 0.457 e. The topological polar surface area (TPSA) is 253 Å². The van der Waals surface area contributed by atoms with E-state index in [1.807, 2.05) is 30.6 Å². The molecule has 2 aromatic carbocycles. The van der Waals surface area contributed by atoms with E-state index in [2.05, 4.69) is 67.3 Å². The standard InChI is InChI=1S/C55H50F2N20O4/c1-7-46(78)74-25-32(4)75(26-31(74)3)55-59-23-40-51(70-55)53(64-28-61-40)67-38-9-11-42(34(6)49(38)57)81-36-15-17-77-45(21-36)68-43(71-77)12-13-47(79)72-18-19-73(30(2)24-72)54-58-22-39-50(69-54)52(63-27-60-39)66-37-8-10-41(33(5)48(37)56)80-35-14-16-76-44(20-35)62-29-65-76/h7-17,20-23,27-32H,1,18-19,24-26H2,2-6H3,(H,60,63,66)(H,61,64,67)/b13-12-/t30-,31+,32+/m0/s1. The predicted molar refractivity (Wildman–Crippen MR) is 296 cm³/mol. The van der Waals surface area contributed by atoms with Crippen molar-refractivity contribution < 1.29 is 27.8 Å². The number of halogens is 2. The van der Waals surface area contributed by atoms with Crippen molar-refractivity contribution in [3.63, 3.8) is 0 Å². The highest BCUT2D eigenvalue weighted by Crippen LogP contribution is 2.36. The fourth-order valence-electron chi connectivity index (χ4n) is 9.82. The van der Waals surface area contributed by atoms with E-state index < -0.39 is 11.6 Å². The molecule has 10 heterocycles. The Kier molecular flexibility index (Phi) is 13.4. The van der Waals surface area contributed by atoms with Crippen molar-refractivity contribution in [3.05, 3.63) is 140 Å². The molecule has 81 heavy (non-hydrogen) atoms. The number of carbonyl (C=O) groups is 2. The second-order valence-electron chi connectivity index (χ2n) is 19.6. The highest BCUT2D eigenvalue weighted by Gasteiger charge is 2.33. The molecule has 26 heteroatoms. The predicted octanol–water partition coefficient (Wildman–Crippen LogP) is 7.57. The number of carbonyl (C=O) groups excluding carboxylic acids is 2. The van der Waals surface area contributed by atoms with Crippen molar-refractivity contribution in [2.45, 2.75) is 52.7 Å². The Labute approximate surface area is 459 Å². The van der Waals surface area contributed by atoms with Gasteiger partial charge < -0.3 is 39.7 Å². The fraction of sp³-hybridized carbons (Fsp3) is 0.236. The Bertz CT molecular complexity index is 4160. The summed E-state index contributed by atoms with van der Waals surface area (Å²) in [5.41, 5.74) is 3.56. The molecule has 0 radical (unpaired) electrons. The summed E-state index contributed by atoms with van der Waals surface area (Å²) in [6.07, 6.45) is 15.0. The lowest BCUT2D eigenvalue weighted by Crippen LogP contribution is -2.58. The molecule has 3 atom stereocenters. The first-order valence-corrected chi connectivity index (χ1v) is 25.8. The zero-order chi connectivity index (χ0) is 56.1. The van der Waals surface area contributed by atoms with Crippen molar-refractivity contribution in [3.8, 4) is 23.0 Å². The van der Waals surface area contributed by atoms with Gasteiger partial charge in [0.15, 0.2) is 40.4 Å². The number of piperazine rings is 2. The minimum absolute atomic E-state index is 0.0874. The van der Waals surface area contributed by atoms with Gasteiger partial charge in [0.1, 0.15) is 64.0 Å². The number of rotatable bonds is 13. The molecule has 2 amide bonds. The van der Waals surface area contributed by atoms with Gasteiger partial charge in [-0.1, -0.05) is 6.58 Å². The van der Waals surface area contributed by atoms with E-state index in [0.29, 0.717) is 101 Å². The van der Waals surface area contributed by atoms with Gasteiger partial charge in [-0.15, -0.1) is 5.10 Å². The molecule has 10 aromatic rings. The number of benzene rings is 2. The smallest absolute Gasteiger partial charge is 0.246 e. The molecule has 0 aliphatic carbocycles. The van der Waals surface area contributed by atoms with E-state index in [1.165, 1.54) is 31.1 Å². The van der Waals surface area contributed by atoms with E-state index in [1.54, 1.807) is 112 Å². The normalized spacial score (nSPS) is 16.7. The number of pyridine rings is 2. The zero-order valence-electron chi connectivity index (χ0n) is 44.3. The Morgan fingerprint density at radius 1 is 0.642 bits per heavy atom. The number of hydrogen-bond donors (Lipinski definition) is 2. The minimum atomic E-state index is -0.561. The highest BCUT2D eigenvalue weighted by atomic mass is 19.1. The van der Waals surface area contributed by atoms with Gasteiger partial charge in [0, 0.05) is 92.6 Å². The van der Waals surface area contributed by atoms with Crippen LogP contribution in [0.1, 0.15) is 37.7 Å². The number of aromatic nitrogens is 14. The summed E-state index contributed by atoms with van der Waals surface area (Å²) in [7, 11) is 0. The molecule has 2 saturated heterocycles. The Hall–Kier alpha value is -10.4. The van der Waals surface area contributed by atoms with E-state index in [9.17, 15) is 9.59 Å². The third kappa shape index (κ3) is 10.1. The first-order chi connectivity index (χ1) is 39.2. The Morgan fingerprint density at radius 2 is 1.23 bits per heavy atom. The number of hydrogen-bond acceptors (Lipinski definition) is 20. The lowest BCUT2D eigenvalue weighted by Gasteiger charge is -2.43. The van der Waals surface area contributed by atoms with Crippen molar-refractivity contribution in [1.29, 1.82) is 0 Å². The maximum Gasteiger partial charge on any atom is 0.246 e. The second kappa shape index (κ2) is 21.1. The summed E-state index contributed by atoms with van der Waals surface area (Å²) < 4.78 is 47.4. The van der Waals surface area contributed by atoms with E-state index in [0.717, 1.165) is 0 Å². The SMILES string of the molecule is C=CC(=O)N1C[C@@H](C)N(c2ncc3ncnc(Nc4ccc(Oc5ccn6nc(/C=C\C(=O)N7CCN(c8ncc9ncnc(Nc%10ccc(Oc%11ccn%12ncnc%12c%11)c(C)c%10F)c9n8)[C@@H](C)C7)nc6c5)c(C)c4F)c3n2)C[C@H]1C. The number of anilines is 6. The van der Waals surface area contributed by atoms with Gasteiger partial charge in [-0.2, -0.15) is 5.10 Å². The molecule has 2 N–H and O–H groups in total. The maximum absolute atomic E-state index is 16.2. The number of nitrogens with one attached hydrogen (secondary N) is 2. The fourth-order valence-corrected chi connectivity index (χ4v) is 9.82. The van der Waals surface area contributed by atoms with Crippen molar-refractivity contribution in [2.24, 2.45) is 0 Å². The highest BCUT2D eigenvalue weighted by molar-refractivity contribution is 5.92. The molecule has 0 bridgehead atoms. The van der Waals surface area contributed by atoms with Crippen molar-refractivity contribution in [2.75, 3.05) is 53.2 Å². The molecule has 8 aromatic heterocycles. The minimum Gasteiger partial charge on any atom is -0.457 e. The summed E-state index contributed by atoms with van der Waals surface area (Å²) in [6.45, 7) is 14.9. The Balaban J connectivity index is 0.674. The molecule has 0 spiro atoms. The summed E-state index contributed by atoms with van der Waals surface area (Å²) in [5, 5.41) is 14.8. The molecular formula is C55H50F2N20O4. The van der Waals surface area contributed by atoms with Gasteiger partial charge in [-0.3, -0.25) is 9.59 Å². The Morgan fingerprint density at radius 3 is 1.85 bits per heavy atom. The van der Waals surface area contributed by atoms with Gasteiger partial charge in [-0.25, -0.2) is 67.7 Å². The lowest BCUT2D eigenvalue weighted by molar-refractivity contribution is -0.129. The third-order valence-electron chi connectivity index (χ3n) is 14.2. The quantitative estimate of drug-likeness (QED) is 0.106. The summed E-state index contributed by atoms with van der Waals surface area (Å²) in [6, 6.07) is 12.8. The zero-order valence-corrected chi connectivity index (χ0v) is 44.3. The molecule has 2 fully saturated rings. The van der Waals surface area contributed by atoms with Crippen LogP contribution in [-0.2, 0) is 9.59 Å². The number of amides is 2. The van der Waals surface area contributed by atoms with Crippen molar-refractivity contribution >= 4 is 86.2 Å². The first kappa shape index (κ1) is 51.4. The maximum atomic E-state index is 16.2. The van der Waals surface area contributed by atoms with Crippen LogP contribution in [0.4, 0.5) is 43.7 Å². The lowest BCUT2D eigenvalue weighted by atomic mass is 10.1. The molecule has 0 unspecified atom stereocenters. The molecule has 24 nitrogen and oxygen atoms in total. The van der Waals surface area contributed by atoms with Gasteiger partial charge in [0.05, 0.1) is 23.8 Å². The monoisotopic (exact) mass is 1090 g/mol. The molecular weight excluding hydrogens is 1040 g/mol. The summed E-state index contributed by atoms with van der Waals surface area (Å²) in [5.74, 6) is 1.73. The average molecular weight is 1090 g/mol. The van der Waals surface area contributed by atoms with Crippen LogP contribution >= 0.6 is 0 Å². The molecule has 2 aliphatic heterocycles. The van der Waals surface area contributed by atoms with Gasteiger partial charge >= 0.3 is 0 Å². The average Bonchev–Trinajstić information content (AvgIpc) is 4.14. The van der Waals surface area contributed by atoms with Crippen LogP contribution in [0.5, 0.6) is 23.0 Å². The van der Waals surface area contributed by atoms with Crippen LogP contribution in [0.2, 0.25) is 0 Å². The van der Waals surface area contributed by atoms with Crippen LogP contribution in [0.25, 0.3) is 39.4 Å². The van der Waals surface area contributed by atoms with Crippen molar-refractivity contribution in [1.82, 2.24) is 78.9 Å². The molecule has 12 rings (SSSR count). The summed E-state index contributed by atoms with van der Waals surface area (Å²) >= 11 is 0.